The number of H-pyrrole nitrogens is 1. The lowest BCUT2D eigenvalue weighted by molar-refractivity contribution is 0.163. The first-order valence-electron chi connectivity index (χ1n) is 11.6. The van der Waals surface area contributed by atoms with Crippen molar-refractivity contribution < 1.29 is 5.11 Å². The van der Waals surface area contributed by atoms with E-state index in [1.165, 1.54) is 54.5 Å². The van der Waals surface area contributed by atoms with Crippen molar-refractivity contribution in [1.82, 2.24) is 20.6 Å². The molecule has 6 heteroatoms. The fraction of sp³-hybridized carbons (Fsp3) is 0.480. The second-order valence-electron chi connectivity index (χ2n) is 8.48. The fourth-order valence-electron chi connectivity index (χ4n) is 4.49. The van der Waals surface area contributed by atoms with Crippen molar-refractivity contribution in [1.29, 1.82) is 0 Å². The zero-order valence-corrected chi connectivity index (χ0v) is 19.1. The number of aryl methyl sites for hydroxylation is 1. The maximum absolute atomic E-state index is 10.4. The van der Waals surface area contributed by atoms with Crippen molar-refractivity contribution in [2.45, 2.75) is 70.8 Å². The molecule has 1 aliphatic rings. The number of aromatic nitrogens is 4. The summed E-state index contributed by atoms with van der Waals surface area (Å²) < 4.78 is 0. The van der Waals surface area contributed by atoms with Crippen LogP contribution in [0, 0.1) is 5.92 Å². The van der Waals surface area contributed by atoms with E-state index in [1.807, 2.05) is 0 Å². The summed E-state index contributed by atoms with van der Waals surface area (Å²) in [6.45, 7) is 2.20. The molecule has 2 atom stereocenters. The Hall–Kier alpha value is -2.31. The number of aliphatic hydroxyl groups excluding tert-OH is 1. The molecule has 2 heterocycles. The molecule has 0 bridgehead atoms. The van der Waals surface area contributed by atoms with Crippen molar-refractivity contribution in [3.63, 3.8) is 0 Å². The van der Waals surface area contributed by atoms with Crippen molar-refractivity contribution in [2.75, 3.05) is 0 Å². The Morgan fingerprint density at radius 1 is 1.13 bits per heavy atom. The number of rotatable bonds is 11. The summed E-state index contributed by atoms with van der Waals surface area (Å²) in [6, 6.07) is 12.9. The SMILES string of the molecule is CCCCCC(O)c1ccc(C2=CCC[C@@H]2CCCc2ccc(-c3nnn[nH]3)s2)cc1. The smallest absolute Gasteiger partial charge is 0.189 e. The molecule has 0 saturated heterocycles. The number of aromatic amines is 1. The fourth-order valence-corrected chi connectivity index (χ4v) is 5.48. The Balaban J connectivity index is 1.29. The van der Waals surface area contributed by atoms with Gasteiger partial charge in [-0.05, 0) is 83.7 Å². The lowest BCUT2D eigenvalue weighted by atomic mass is 9.89. The summed E-state index contributed by atoms with van der Waals surface area (Å²) in [5.41, 5.74) is 3.86. The molecule has 1 unspecified atom stereocenters. The van der Waals surface area contributed by atoms with Gasteiger partial charge in [-0.3, -0.25) is 0 Å². The van der Waals surface area contributed by atoms with Crippen LogP contribution in [-0.4, -0.2) is 25.7 Å². The minimum absolute atomic E-state index is 0.336. The van der Waals surface area contributed by atoms with E-state index < -0.39 is 0 Å². The molecule has 164 valence electrons. The number of nitrogens with zero attached hydrogens (tertiary/aromatic N) is 3. The maximum Gasteiger partial charge on any atom is 0.189 e. The Morgan fingerprint density at radius 3 is 2.77 bits per heavy atom. The molecule has 0 amide bonds. The molecule has 2 N–H and O–H groups in total. The van der Waals surface area contributed by atoms with Crippen molar-refractivity contribution in [2.24, 2.45) is 5.92 Å². The number of benzene rings is 1. The highest BCUT2D eigenvalue weighted by Crippen LogP contribution is 2.38. The largest absolute Gasteiger partial charge is 0.388 e. The zero-order chi connectivity index (χ0) is 21.5. The third-order valence-corrected chi connectivity index (χ3v) is 7.40. The van der Waals surface area contributed by atoms with Gasteiger partial charge in [-0.15, -0.1) is 16.4 Å². The van der Waals surface area contributed by atoms with Crippen molar-refractivity contribution in [3.05, 3.63) is 58.5 Å². The van der Waals surface area contributed by atoms with Gasteiger partial charge in [-0.1, -0.05) is 56.5 Å². The van der Waals surface area contributed by atoms with Crippen LogP contribution in [0.3, 0.4) is 0 Å². The molecular formula is C25H32N4OS. The third-order valence-electron chi connectivity index (χ3n) is 6.25. The molecule has 0 spiro atoms. The minimum Gasteiger partial charge on any atom is -0.388 e. The van der Waals surface area contributed by atoms with Crippen LogP contribution in [0.15, 0.2) is 42.5 Å². The summed E-state index contributed by atoms with van der Waals surface area (Å²) in [5, 5.41) is 24.6. The monoisotopic (exact) mass is 436 g/mol. The number of nitrogens with one attached hydrogen (secondary N) is 1. The van der Waals surface area contributed by atoms with E-state index in [0.29, 0.717) is 5.92 Å². The van der Waals surface area contributed by atoms with Gasteiger partial charge in [0.25, 0.3) is 0 Å². The molecule has 2 aromatic heterocycles. The highest BCUT2D eigenvalue weighted by molar-refractivity contribution is 7.15. The van der Waals surface area contributed by atoms with Crippen LogP contribution in [0.1, 0.15) is 80.4 Å². The van der Waals surface area contributed by atoms with Gasteiger partial charge >= 0.3 is 0 Å². The molecule has 4 rings (SSSR count). The Bertz CT molecular complexity index is 962. The minimum atomic E-state index is -0.336. The number of allylic oxidation sites excluding steroid dienone is 2. The van der Waals surface area contributed by atoms with Crippen molar-refractivity contribution >= 4 is 16.9 Å². The molecule has 1 aliphatic carbocycles. The summed E-state index contributed by atoms with van der Waals surface area (Å²) in [5.74, 6) is 1.38. The second kappa shape index (κ2) is 10.8. The zero-order valence-electron chi connectivity index (χ0n) is 18.3. The molecule has 0 aliphatic heterocycles. The topological polar surface area (TPSA) is 74.7 Å². The quantitative estimate of drug-likeness (QED) is 0.343. The van der Waals surface area contributed by atoms with E-state index >= 15 is 0 Å². The van der Waals surface area contributed by atoms with Gasteiger partial charge in [0, 0.05) is 4.88 Å². The van der Waals surface area contributed by atoms with Gasteiger partial charge in [0.15, 0.2) is 5.82 Å². The molecular weight excluding hydrogens is 404 g/mol. The summed E-state index contributed by atoms with van der Waals surface area (Å²) in [7, 11) is 0. The number of unbranched alkanes of at least 4 members (excludes halogenated alkanes) is 2. The van der Waals surface area contributed by atoms with E-state index in [0.717, 1.165) is 35.5 Å². The third kappa shape index (κ3) is 5.69. The summed E-state index contributed by atoms with van der Waals surface area (Å²) >= 11 is 1.77. The van der Waals surface area contributed by atoms with E-state index in [9.17, 15) is 5.11 Å². The van der Waals surface area contributed by atoms with Crippen LogP contribution in [0.4, 0.5) is 0 Å². The van der Waals surface area contributed by atoms with Crippen LogP contribution < -0.4 is 0 Å². The van der Waals surface area contributed by atoms with Crippen LogP contribution in [0.5, 0.6) is 0 Å². The standard InChI is InChI=1S/C25H32N4OS/c1-2-3-4-11-23(30)20-14-12-19(13-15-20)22-10-6-8-18(22)7-5-9-21-16-17-24(31-21)25-26-28-29-27-25/h10,12-18,23,30H,2-9,11H2,1H3,(H,26,27,28,29)/t18-,23?/m0/s1. The van der Waals surface area contributed by atoms with Crippen LogP contribution in [-0.2, 0) is 6.42 Å². The molecule has 1 aromatic carbocycles. The molecule has 5 nitrogen and oxygen atoms in total. The number of aliphatic hydroxyl groups is 1. The van der Waals surface area contributed by atoms with Crippen LogP contribution in [0.25, 0.3) is 16.3 Å². The average Bonchev–Trinajstić information content (AvgIpc) is 3.55. The number of tetrazole rings is 1. The van der Waals surface area contributed by atoms with E-state index in [-0.39, 0.29) is 6.10 Å². The lowest BCUT2D eigenvalue weighted by Crippen LogP contribution is -2.01. The number of hydrogen-bond acceptors (Lipinski definition) is 5. The number of thiophene rings is 1. The van der Waals surface area contributed by atoms with Gasteiger partial charge in [0.1, 0.15) is 0 Å². The molecule has 0 saturated carbocycles. The van der Waals surface area contributed by atoms with E-state index in [1.54, 1.807) is 11.3 Å². The molecule has 0 radical (unpaired) electrons. The summed E-state index contributed by atoms with van der Waals surface area (Å²) in [4.78, 5) is 2.48. The van der Waals surface area contributed by atoms with Crippen LogP contribution >= 0.6 is 11.3 Å². The first kappa shape index (κ1) is 21.9. The Morgan fingerprint density at radius 2 is 2.00 bits per heavy atom. The first-order valence-corrected chi connectivity index (χ1v) is 12.4. The Labute approximate surface area is 188 Å². The highest BCUT2D eigenvalue weighted by atomic mass is 32.1. The van der Waals surface area contributed by atoms with Gasteiger partial charge in [-0.25, -0.2) is 5.10 Å². The van der Waals surface area contributed by atoms with Gasteiger partial charge in [0.05, 0.1) is 11.0 Å². The predicted octanol–water partition coefficient (Wildman–Crippen LogP) is 6.36. The predicted molar refractivity (Wildman–Crippen MR) is 127 cm³/mol. The molecule has 31 heavy (non-hydrogen) atoms. The molecule has 3 aromatic rings. The number of hydrogen-bond donors (Lipinski definition) is 2. The lowest BCUT2D eigenvalue weighted by Gasteiger charge is -2.16. The average molecular weight is 437 g/mol. The normalized spacial score (nSPS) is 17.1. The first-order chi connectivity index (χ1) is 15.2. The molecule has 0 fully saturated rings. The summed E-state index contributed by atoms with van der Waals surface area (Å²) in [6.07, 6.45) is 12.3. The van der Waals surface area contributed by atoms with E-state index in [4.69, 9.17) is 0 Å². The van der Waals surface area contributed by atoms with Crippen molar-refractivity contribution in [3.8, 4) is 10.7 Å². The van der Waals surface area contributed by atoms with Gasteiger partial charge in [-0.2, -0.15) is 0 Å². The highest BCUT2D eigenvalue weighted by Gasteiger charge is 2.21. The van der Waals surface area contributed by atoms with Crippen LogP contribution in [0.2, 0.25) is 0 Å². The van der Waals surface area contributed by atoms with E-state index in [2.05, 4.69) is 70.0 Å². The maximum atomic E-state index is 10.4. The Kier molecular flexibility index (Phi) is 7.65. The second-order valence-corrected chi connectivity index (χ2v) is 9.64. The van der Waals surface area contributed by atoms with Gasteiger partial charge in [0.2, 0.25) is 0 Å². The van der Waals surface area contributed by atoms with Gasteiger partial charge < -0.3 is 5.11 Å².